The number of fused-ring (bicyclic) bond motifs is 1. The second kappa shape index (κ2) is 6.25. The highest BCUT2D eigenvalue weighted by atomic mass is 16.3. The van der Waals surface area contributed by atoms with Gasteiger partial charge in [-0.2, -0.15) is 0 Å². The van der Waals surface area contributed by atoms with Crippen molar-refractivity contribution in [2.75, 3.05) is 0 Å². The minimum atomic E-state index is 0.0209. The number of furan rings is 1. The molecule has 0 bridgehead atoms. The van der Waals surface area contributed by atoms with Gasteiger partial charge in [0.25, 0.3) is 0 Å². The van der Waals surface area contributed by atoms with Crippen LogP contribution in [0, 0.1) is 12.8 Å². The zero-order chi connectivity index (χ0) is 13.8. The molecule has 1 unspecified atom stereocenters. The van der Waals surface area contributed by atoms with Crippen LogP contribution in [0.3, 0.4) is 0 Å². The maximum atomic E-state index is 6.42. The second-order valence-electron chi connectivity index (χ2n) is 5.55. The lowest BCUT2D eigenvalue weighted by Crippen LogP contribution is -2.20. The fraction of sp³-hybridized carbons (Fsp3) is 0.529. The number of hydrogen-bond donors (Lipinski definition) is 1. The average molecular weight is 259 g/mol. The molecule has 2 aromatic rings. The molecular weight excluding hydrogens is 234 g/mol. The maximum absolute atomic E-state index is 6.42. The third kappa shape index (κ3) is 3.19. The molecule has 0 aliphatic rings. The monoisotopic (exact) mass is 259 g/mol. The lowest BCUT2D eigenvalue weighted by atomic mass is 9.89. The lowest BCUT2D eigenvalue weighted by Gasteiger charge is -2.21. The van der Waals surface area contributed by atoms with E-state index in [1.807, 2.05) is 6.07 Å². The smallest absolute Gasteiger partial charge is 0.134 e. The normalized spacial score (nSPS) is 13.3. The van der Waals surface area contributed by atoms with E-state index in [0.717, 1.165) is 16.7 Å². The van der Waals surface area contributed by atoms with Gasteiger partial charge in [0.2, 0.25) is 0 Å². The first-order valence-electron chi connectivity index (χ1n) is 7.41. The van der Waals surface area contributed by atoms with Crippen LogP contribution in [0.2, 0.25) is 0 Å². The number of benzene rings is 1. The maximum Gasteiger partial charge on any atom is 0.134 e. The Labute approximate surface area is 116 Å². The molecular formula is C17H25NO. The van der Waals surface area contributed by atoms with Gasteiger partial charge in [-0.1, -0.05) is 38.3 Å². The van der Waals surface area contributed by atoms with Crippen LogP contribution in [-0.2, 0) is 0 Å². The van der Waals surface area contributed by atoms with Crippen LogP contribution in [0.25, 0.3) is 11.0 Å². The van der Waals surface area contributed by atoms with Crippen molar-refractivity contribution in [3.05, 3.63) is 35.6 Å². The van der Waals surface area contributed by atoms with E-state index in [9.17, 15) is 0 Å². The van der Waals surface area contributed by atoms with Crippen molar-refractivity contribution in [3.63, 3.8) is 0 Å². The second-order valence-corrected chi connectivity index (χ2v) is 5.55. The Morgan fingerprint density at radius 3 is 2.42 bits per heavy atom. The van der Waals surface area contributed by atoms with Crippen molar-refractivity contribution >= 4 is 11.0 Å². The van der Waals surface area contributed by atoms with Crippen LogP contribution < -0.4 is 5.73 Å². The van der Waals surface area contributed by atoms with E-state index in [2.05, 4.69) is 39.0 Å². The number of hydrogen-bond acceptors (Lipinski definition) is 2. The lowest BCUT2D eigenvalue weighted by molar-refractivity contribution is 0.330. The number of rotatable bonds is 6. The number of aryl methyl sites for hydroxylation is 1. The highest BCUT2D eigenvalue weighted by Crippen LogP contribution is 2.31. The zero-order valence-electron chi connectivity index (χ0n) is 12.3. The molecule has 2 heteroatoms. The van der Waals surface area contributed by atoms with E-state index in [1.165, 1.54) is 31.2 Å². The largest absolute Gasteiger partial charge is 0.459 e. The van der Waals surface area contributed by atoms with E-state index in [-0.39, 0.29) is 6.04 Å². The molecule has 0 spiro atoms. The van der Waals surface area contributed by atoms with Crippen LogP contribution >= 0.6 is 0 Å². The first-order valence-corrected chi connectivity index (χ1v) is 7.41. The predicted molar refractivity (Wildman–Crippen MR) is 81.2 cm³/mol. The van der Waals surface area contributed by atoms with Crippen molar-refractivity contribution in [1.29, 1.82) is 0 Å². The standard InChI is InChI=1S/C17H25NO/c1-4-6-13(7-5-2)17(18)16-11-14-10-12(3)8-9-15(14)19-16/h8-11,13,17H,4-7,18H2,1-3H3. The molecule has 0 aliphatic carbocycles. The SMILES string of the molecule is CCCC(CCC)C(N)c1cc2cc(C)ccc2o1. The van der Waals surface area contributed by atoms with Crippen molar-refractivity contribution in [3.8, 4) is 0 Å². The van der Waals surface area contributed by atoms with Crippen LogP contribution in [0.15, 0.2) is 28.7 Å². The molecule has 0 amide bonds. The molecule has 104 valence electrons. The third-order valence-corrected chi connectivity index (χ3v) is 3.85. The van der Waals surface area contributed by atoms with Gasteiger partial charge in [0, 0.05) is 5.39 Å². The van der Waals surface area contributed by atoms with Gasteiger partial charge in [0.15, 0.2) is 0 Å². The zero-order valence-corrected chi connectivity index (χ0v) is 12.3. The summed E-state index contributed by atoms with van der Waals surface area (Å²) in [5.41, 5.74) is 8.62. The van der Waals surface area contributed by atoms with Gasteiger partial charge in [-0.25, -0.2) is 0 Å². The van der Waals surface area contributed by atoms with Crippen LogP contribution in [0.1, 0.15) is 56.9 Å². The minimum absolute atomic E-state index is 0.0209. The quantitative estimate of drug-likeness (QED) is 0.796. The van der Waals surface area contributed by atoms with Gasteiger partial charge in [0.05, 0.1) is 6.04 Å². The summed E-state index contributed by atoms with van der Waals surface area (Å²) >= 11 is 0. The molecule has 2 nitrogen and oxygen atoms in total. The highest BCUT2D eigenvalue weighted by Gasteiger charge is 2.21. The molecule has 2 N–H and O–H groups in total. The molecule has 1 atom stereocenters. The van der Waals surface area contributed by atoms with Gasteiger partial charge in [-0.05, 0) is 43.9 Å². The molecule has 0 radical (unpaired) electrons. The number of nitrogens with two attached hydrogens (primary N) is 1. The van der Waals surface area contributed by atoms with Crippen molar-refractivity contribution in [2.24, 2.45) is 11.7 Å². The van der Waals surface area contributed by atoms with Gasteiger partial charge in [-0.3, -0.25) is 0 Å². The molecule has 1 aromatic heterocycles. The minimum Gasteiger partial charge on any atom is -0.459 e. The van der Waals surface area contributed by atoms with Crippen molar-refractivity contribution < 1.29 is 4.42 Å². The molecule has 1 aromatic carbocycles. The Morgan fingerprint density at radius 2 is 1.79 bits per heavy atom. The summed E-state index contributed by atoms with van der Waals surface area (Å²) in [7, 11) is 0. The molecule has 0 saturated heterocycles. The molecule has 0 fully saturated rings. The topological polar surface area (TPSA) is 39.2 Å². The van der Waals surface area contributed by atoms with E-state index < -0.39 is 0 Å². The summed E-state index contributed by atoms with van der Waals surface area (Å²) in [6.45, 7) is 6.54. The van der Waals surface area contributed by atoms with Gasteiger partial charge in [0.1, 0.15) is 11.3 Å². The van der Waals surface area contributed by atoms with E-state index in [0.29, 0.717) is 5.92 Å². The third-order valence-electron chi connectivity index (χ3n) is 3.85. The molecule has 0 aliphatic heterocycles. The van der Waals surface area contributed by atoms with Crippen molar-refractivity contribution in [1.82, 2.24) is 0 Å². The van der Waals surface area contributed by atoms with Crippen LogP contribution in [0.5, 0.6) is 0 Å². The fourth-order valence-electron chi connectivity index (χ4n) is 2.82. The summed E-state index contributed by atoms with van der Waals surface area (Å²) in [4.78, 5) is 0. The molecule has 1 heterocycles. The summed E-state index contributed by atoms with van der Waals surface area (Å²) < 4.78 is 5.93. The van der Waals surface area contributed by atoms with E-state index in [4.69, 9.17) is 10.2 Å². The summed E-state index contributed by atoms with van der Waals surface area (Å²) in [6, 6.07) is 8.41. The fourth-order valence-corrected chi connectivity index (χ4v) is 2.82. The van der Waals surface area contributed by atoms with Crippen molar-refractivity contribution in [2.45, 2.75) is 52.5 Å². The van der Waals surface area contributed by atoms with Crippen LogP contribution in [-0.4, -0.2) is 0 Å². The molecule has 19 heavy (non-hydrogen) atoms. The summed E-state index contributed by atoms with van der Waals surface area (Å²) in [6.07, 6.45) is 4.70. The Bertz CT molecular complexity index is 523. The summed E-state index contributed by atoms with van der Waals surface area (Å²) in [5.74, 6) is 1.46. The highest BCUT2D eigenvalue weighted by molar-refractivity contribution is 5.78. The average Bonchev–Trinajstić information content (AvgIpc) is 2.80. The first-order chi connectivity index (χ1) is 9.15. The Hall–Kier alpha value is -1.28. The van der Waals surface area contributed by atoms with Gasteiger partial charge < -0.3 is 10.2 Å². The molecule has 2 rings (SSSR count). The Balaban J connectivity index is 2.26. The van der Waals surface area contributed by atoms with Gasteiger partial charge >= 0.3 is 0 Å². The van der Waals surface area contributed by atoms with Gasteiger partial charge in [-0.15, -0.1) is 0 Å². The van der Waals surface area contributed by atoms with E-state index >= 15 is 0 Å². The van der Waals surface area contributed by atoms with Crippen LogP contribution in [0.4, 0.5) is 0 Å². The Morgan fingerprint density at radius 1 is 1.11 bits per heavy atom. The summed E-state index contributed by atoms with van der Waals surface area (Å²) in [5, 5.41) is 1.16. The molecule has 0 saturated carbocycles. The van der Waals surface area contributed by atoms with E-state index in [1.54, 1.807) is 0 Å². The predicted octanol–water partition coefficient (Wildman–Crippen LogP) is 4.96. The Kier molecular flexibility index (Phi) is 4.65. The first kappa shape index (κ1) is 14.1.